The zero-order valence-corrected chi connectivity index (χ0v) is 16.4. The molecule has 1 saturated heterocycles. The molecule has 2 aromatic carbocycles. The van der Waals surface area contributed by atoms with E-state index in [0.29, 0.717) is 29.8 Å². The molecule has 0 bridgehead atoms. The Kier molecular flexibility index (Phi) is 6.31. The van der Waals surface area contributed by atoms with E-state index >= 15 is 0 Å². The summed E-state index contributed by atoms with van der Waals surface area (Å²) in [6.45, 7) is 2.28. The largest absolute Gasteiger partial charge is 0.416 e. The summed E-state index contributed by atoms with van der Waals surface area (Å²) in [5.41, 5.74) is -2.78. The second-order valence-electron chi connectivity index (χ2n) is 7.44. The summed E-state index contributed by atoms with van der Waals surface area (Å²) < 4.78 is 92.7. The molecule has 1 aliphatic rings. The molecular weight excluding hydrogens is 429 g/mol. The maximum absolute atomic E-state index is 13.9. The molecule has 0 aliphatic carbocycles. The molecule has 10 heteroatoms. The van der Waals surface area contributed by atoms with Crippen LogP contribution in [-0.4, -0.2) is 36.5 Å². The number of hydrogen-bond donors (Lipinski definition) is 1. The number of halogens is 7. The van der Waals surface area contributed by atoms with Gasteiger partial charge in [-0.15, -0.1) is 0 Å². The van der Waals surface area contributed by atoms with Gasteiger partial charge in [0.15, 0.2) is 0 Å². The smallest absolute Gasteiger partial charge is 0.333 e. The van der Waals surface area contributed by atoms with E-state index in [0.717, 1.165) is 0 Å². The minimum absolute atomic E-state index is 0.0128. The standard InChI is InChI=1S/C21H19F7N2O/c1-12-2-3-13(7-18(12)22)6-17-11-29-4-5-30(17)19(31)14-8-15(20(23,24)25)10-16(9-14)21(26,27)28/h2-3,7-10,17,29H,4-6,11H2,1H3/t17-/m1/s1. The van der Waals surface area contributed by atoms with E-state index in [9.17, 15) is 35.5 Å². The molecule has 0 radical (unpaired) electrons. The quantitative estimate of drug-likeness (QED) is 0.683. The van der Waals surface area contributed by atoms with Gasteiger partial charge >= 0.3 is 12.4 Å². The van der Waals surface area contributed by atoms with E-state index in [1.807, 2.05) is 0 Å². The average Bonchev–Trinajstić information content (AvgIpc) is 2.69. The average molecular weight is 448 g/mol. The van der Waals surface area contributed by atoms with Crippen molar-refractivity contribution in [2.75, 3.05) is 19.6 Å². The first-order valence-electron chi connectivity index (χ1n) is 9.42. The van der Waals surface area contributed by atoms with Crippen molar-refractivity contribution in [1.82, 2.24) is 10.2 Å². The Morgan fingerprint density at radius 2 is 1.65 bits per heavy atom. The number of alkyl halides is 6. The van der Waals surface area contributed by atoms with Gasteiger partial charge in [-0.2, -0.15) is 26.3 Å². The molecule has 1 fully saturated rings. The van der Waals surface area contributed by atoms with Gasteiger partial charge in [-0.05, 0) is 48.7 Å². The maximum atomic E-state index is 13.9. The molecule has 31 heavy (non-hydrogen) atoms. The van der Waals surface area contributed by atoms with Crippen molar-refractivity contribution in [3.05, 3.63) is 70.0 Å². The van der Waals surface area contributed by atoms with Crippen LogP contribution in [0.1, 0.15) is 32.6 Å². The van der Waals surface area contributed by atoms with Gasteiger partial charge in [0.2, 0.25) is 0 Å². The number of nitrogens with zero attached hydrogens (tertiary/aromatic N) is 1. The van der Waals surface area contributed by atoms with Crippen molar-refractivity contribution in [3.63, 3.8) is 0 Å². The van der Waals surface area contributed by atoms with Crippen LogP contribution in [0.25, 0.3) is 0 Å². The Morgan fingerprint density at radius 1 is 1.03 bits per heavy atom. The van der Waals surface area contributed by atoms with Gasteiger partial charge in [0.25, 0.3) is 5.91 Å². The van der Waals surface area contributed by atoms with Crippen molar-refractivity contribution in [2.45, 2.75) is 31.7 Å². The van der Waals surface area contributed by atoms with Crippen molar-refractivity contribution in [3.8, 4) is 0 Å². The van der Waals surface area contributed by atoms with Crippen LogP contribution in [0.3, 0.4) is 0 Å². The number of aryl methyl sites for hydroxylation is 1. The Bertz CT molecular complexity index is 937. The molecular formula is C21H19F7N2O. The number of carbonyl (C=O) groups is 1. The molecule has 3 rings (SSSR count). The summed E-state index contributed by atoms with van der Waals surface area (Å²) in [5.74, 6) is -1.37. The summed E-state index contributed by atoms with van der Waals surface area (Å²) in [6, 6.07) is 4.83. The number of amides is 1. The first-order chi connectivity index (χ1) is 14.4. The lowest BCUT2D eigenvalue weighted by molar-refractivity contribution is -0.143. The second kappa shape index (κ2) is 8.49. The van der Waals surface area contributed by atoms with Crippen LogP contribution in [0, 0.1) is 12.7 Å². The highest BCUT2D eigenvalue weighted by Gasteiger charge is 2.38. The molecule has 0 spiro atoms. The highest BCUT2D eigenvalue weighted by atomic mass is 19.4. The van der Waals surface area contributed by atoms with Crippen molar-refractivity contribution in [2.24, 2.45) is 0 Å². The summed E-state index contributed by atoms with van der Waals surface area (Å²) in [4.78, 5) is 14.2. The SMILES string of the molecule is Cc1ccc(C[C@@H]2CNCCN2C(=O)c2cc(C(F)(F)F)cc(C(F)(F)F)c2)cc1F. The molecule has 1 heterocycles. The molecule has 1 N–H and O–H groups in total. The van der Waals surface area contributed by atoms with Gasteiger partial charge < -0.3 is 10.2 Å². The van der Waals surface area contributed by atoms with E-state index in [-0.39, 0.29) is 25.6 Å². The second-order valence-corrected chi connectivity index (χ2v) is 7.44. The predicted octanol–water partition coefficient (Wildman–Crippen LogP) is 4.83. The number of nitrogens with one attached hydrogen (secondary N) is 1. The first kappa shape index (κ1) is 23.1. The molecule has 1 amide bonds. The Labute approximate surface area is 173 Å². The predicted molar refractivity (Wildman–Crippen MR) is 99.0 cm³/mol. The molecule has 0 unspecified atom stereocenters. The third-order valence-electron chi connectivity index (χ3n) is 5.15. The zero-order chi connectivity index (χ0) is 23.0. The molecule has 0 aromatic heterocycles. The van der Waals surface area contributed by atoms with Gasteiger partial charge in [-0.25, -0.2) is 4.39 Å². The van der Waals surface area contributed by atoms with E-state index in [1.165, 1.54) is 11.0 Å². The topological polar surface area (TPSA) is 32.3 Å². The molecule has 0 saturated carbocycles. The number of carbonyl (C=O) groups excluding carboxylic acids is 1. The highest BCUT2D eigenvalue weighted by Crippen LogP contribution is 2.36. The number of benzene rings is 2. The van der Waals surface area contributed by atoms with Crippen molar-refractivity contribution < 1.29 is 35.5 Å². The van der Waals surface area contributed by atoms with Crippen LogP contribution in [0.4, 0.5) is 30.7 Å². The zero-order valence-electron chi connectivity index (χ0n) is 16.4. The van der Waals surface area contributed by atoms with Crippen LogP contribution in [0.5, 0.6) is 0 Å². The fourth-order valence-electron chi connectivity index (χ4n) is 3.49. The van der Waals surface area contributed by atoms with Crippen LogP contribution >= 0.6 is 0 Å². The summed E-state index contributed by atoms with van der Waals surface area (Å²) in [6.07, 6.45) is -9.89. The van der Waals surface area contributed by atoms with E-state index in [1.54, 1.807) is 19.1 Å². The van der Waals surface area contributed by atoms with Gasteiger partial charge in [0, 0.05) is 31.2 Å². The third kappa shape index (κ3) is 5.36. The Hall–Kier alpha value is -2.62. The number of piperazine rings is 1. The first-order valence-corrected chi connectivity index (χ1v) is 9.42. The molecule has 1 atom stereocenters. The van der Waals surface area contributed by atoms with Crippen LogP contribution in [0.2, 0.25) is 0 Å². The van der Waals surface area contributed by atoms with Crippen molar-refractivity contribution in [1.29, 1.82) is 0 Å². The Morgan fingerprint density at radius 3 is 2.19 bits per heavy atom. The number of hydrogen-bond acceptors (Lipinski definition) is 2. The monoisotopic (exact) mass is 448 g/mol. The van der Waals surface area contributed by atoms with Gasteiger partial charge in [0.05, 0.1) is 11.1 Å². The fraction of sp³-hybridized carbons (Fsp3) is 0.381. The normalized spacial score (nSPS) is 17.7. The van der Waals surface area contributed by atoms with Crippen LogP contribution in [-0.2, 0) is 18.8 Å². The molecule has 3 nitrogen and oxygen atoms in total. The fourth-order valence-corrected chi connectivity index (χ4v) is 3.49. The van der Waals surface area contributed by atoms with Gasteiger partial charge in [-0.1, -0.05) is 12.1 Å². The lowest BCUT2D eigenvalue weighted by atomic mass is 9.99. The Balaban J connectivity index is 1.94. The highest BCUT2D eigenvalue weighted by molar-refractivity contribution is 5.95. The lowest BCUT2D eigenvalue weighted by Gasteiger charge is -2.36. The summed E-state index contributed by atoms with van der Waals surface area (Å²) in [7, 11) is 0. The maximum Gasteiger partial charge on any atom is 0.416 e. The van der Waals surface area contributed by atoms with E-state index in [4.69, 9.17) is 0 Å². The van der Waals surface area contributed by atoms with Crippen molar-refractivity contribution >= 4 is 5.91 Å². The lowest BCUT2D eigenvalue weighted by Crippen LogP contribution is -2.54. The van der Waals surface area contributed by atoms with Crippen LogP contribution < -0.4 is 5.32 Å². The molecule has 2 aromatic rings. The molecule has 168 valence electrons. The van der Waals surface area contributed by atoms with Crippen LogP contribution in [0.15, 0.2) is 36.4 Å². The minimum Gasteiger partial charge on any atom is -0.333 e. The third-order valence-corrected chi connectivity index (χ3v) is 5.15. The van der Waals surface area contributed by atoms with E-state index < -0.39 is 46.8 Å². The molecule has 1 aliphatic heterocycles. The minimum atomic E-state index is -5.04. The number of rotatable bonds is 3. The van der Waals surface area contributed by atoms with E-state index in [2.05, 4.69) is 5.32 Å². The summed E-state index contributed by atoms with van der Waals surface area (Å²) >= 11 is 0. The van der Waals surface area contributed by atoms with Gasteiger partial charge in [0.1, 0.15) is 5.82 Å². The summed E-state index contributed by atoms with van der Waals surface area (Å²) in [5, 5.41) is 3.04. The van der Waals surface area contributed by atoms with Gasteiger partial charge in [-0.3, -0.25) is 4.79 Å².